The molecule has 33 heavy (non-hydrogen) atoms. The van der Waals surface area contributed by atoms with Gasteiger partial charge in [0.15, 0.2) is 5.65 Å². The number of carbonyl (C=O) groups excluding carboxylic acids is 2. The Morgan fingerprint density at radius 3 is 2.70 bits per heavy atom. The first-order valence-electron chi connectivity index (χ1n) is 10.7. The highest BCUT2D eigenvalue weighted by molar-refractivity contribution is 7.08. The van der Waals surface area contributed by atoms with Crippen LogP contribution in [0.15, 0.2) is 59.7 Å². The Kier molecular flexibility index (Phi) is 7.11. The van der Waals surface area contributed by atoms with Crippen LogP contribution in [-0.4, -0.2) is 50.5 Å². The van der Waals surface area contributed by atoms with Crippen molar-refractivity contribution in [2.75, 3.05) is 13.2 Å². The molecule has 0 bridgehead atoms. The largest absolute Gasteiger partial charge is 0.394 e. The van der Waals surface area contributed by atoms with E-state index in [1.54, 1.807) is 35.1 Å². The van der Waals surface area contributed by atoms with Crippen molar-refractivity contribution in [2.24, 2.45) is 0 Å². The number of nitrogens with one attached hydrogen (secondary N) is 2. The number of pyridine rings is 2. The van der Waals surface area contributed by atoms with Crippen LogP contribution in [0.25, 0.3) is 16.9 Å². The van der Waals surface area contributed by atoms with Gasteiger partial charge in [0.2, 0.25) is 0 Å². The van der Waals surface area contributed by atoms with E-state index in [2.05, 4.69) is 15.6 Å². The van der Waals surface area contributed by atoms with Gasteiger partial charge in [0.05, 0.1) is 18.2 Å². The van der Waals surface area contributed by atoms with Crippen molar-refractivity contribution >= 4 is 28.8 Å². The van der Waals surface area contributed by atoms with Crippen LogP contribution in [0.4, 0.5) is 0 Å². The molecule has 1 atom stereocenters. The molecule has 2 amide bonds. The van der Waals surface area contributed by atoms with Crippen LogP contribution in [0.5, 0.6) is 0 Å². The maximum absolute atomic E-state index is 13.2. The Hall–Kier alpha value is -3.56. The van der Waals surface area contributed by atoms with Gasteiger partial charge in [-0.25, -0.2) is 4.98 Å². The van der Waals surface area contributed by atoms with E-state index < -0.39 is 0 Å². The van der Waals surface area contributed by atoms with Gasteiger partial charge in [-0.3, -0.25) is 19.0 Å². The molecule has 0 unspecified atom stereocenters. The average Bonchev–Trinajstić information content (AvgIpc) is 3.50. The van der Waals surface area contributed by atoms with Gasteiger partial charge >= 0.3 is 0 Å². The van der Waals surface area contributed by atoms with E-state index in [0.717, 1.165) is 11.1 Å². The molecule has 9 heteroatoms. The summed E-state index contributed by atoms with van der Waals surface area (Å²) in [5.74, 6) is -0.606. The third kappa shape index (κ3) is 4.94. The van der Waals surface area contributed by atoms with Crippen LogP contribution < -0.4 is 10.6 Å². The number of carbonyl (C=O) groups is 2. The van der Waals surface area contributed by atoms with Crippen molar-refractivity contribution in [3.05, 3.63) is 76.5 Å². The minimum Gasteiger partial charge on any atom is -0.394 e. The molecule has 0 aliphatic carbocycles. The van der Waals surface area contributed by atoms with E-state index in [9.17, 15) is 14.7 Å². The van der Waals surface area contributed by atoms with Crippen molar-refractivity contribution in [3.8, 4) is 11.3 Å². The zero-order valence-electron chi connectivity index (χ0n) is 18.2. The van der Waals surface area contributed by atoms with Crippen LogP contribution in [0.3, 0.4) is 0 Å². The van der Waals surface area contributed by atoms with E-state index in [4.69, 9.17) is 4.98 Å². The second kappa shape index (κ2) is 10.4. The smallest absolute Gasteiger partial charge is 0.270 e. The van der Waals surface area contributed by atoms with Gasteiger partial charge in [0.1, 0.15) is 11.4 Å². The van der Waals surface area contributed by atoms with Crippen LogP contribution in [-0.2, 0) is 6.42 Å². The fourth-order valence-electron chi connectivity index (χ4n) is 3.56. The van der Waals surface area contributed by atoms with Gasteiger partial charge in [-0.2, -0.15) is 11.3 Å². The Labute approximate surface area is 195 Å². The summed E-state index contributed by atoms with van der Waals surface area (Å²) in [7, 11) is 0. The normalized spacial score (nSPS) is 11.9. The molecular formula is C24H25N5O3S. The van der Waals surface area contributed by atoms with E-state index in [-0.39, 0.29) is 24.5 Å². The highest BCUT2D eigenvalue weighted by Gasteiger charge is 2.25. The fourth-order valence-corrected chi connectivity index (χ4v) is 4.20. The van der Waals surface area contributed by atoms with Gasteiger partial charge in [0.25, 0.3) is 11.8 Å². The SMILES string of the molecule is CC[C@@H](CO)NC(=O)c1c(-c2ccsc2)nc2c(C(=O)NCCc3ccncc3)cccn12. The number of aliphatic hydroxyl groups is 1. The van der Waals surface area contributed by atoms with E-state index >= 15 is 0 Å². The lowest BCUT2D eigenvalue weighted by Gasteiger charge is -2.14. The molecule has 0 radical (unpaired) electrons. The molecule has 8 nitrogen and oxygen atoms in total. The summed E-state index contributed by atoms with van der Waals surface area (Å²) in [6, 6.07) is 8.78. The number of amides is 2. The first-order chi connectivity index (χ1) is 16.1. The number of hydrogen-bond donors (Lipinski definition) is 3. The van der Waals surface area contributed by atoms with Gasteiger partial charge in [0, 0.05) is 36.1 Å². The van der Waals surface area contributed by atoms with Crippen LogP contribution in [0.1, 0.15) is 39.8 Å². The second-order valence-electron chi connectivity index (χ2n) is 7.56. The number of nitrogens with zero attached hydrogens (tertiary/aromatic N) is 3. The number of hydrogen-bond acceptors (Lipinski definition) is 6. The molecule has 0 saturated carbocycles. The first-order valence-corrected chi connectivity index (χ1v) is 11.7. The van der Waals surface area contributed by atoms with E-state index in [0.29, 0.717) is 42.0 Å². The molecule has 170 valence electrons. The van der Waals surface area contributed by atoms with E-state index in [1.165, 1.54) is 11.3 Å². The molecule has 0 fully saturated rings. The fraction of sp³-hybridized carbons (Fsp3) is 0.250. The summed E-state index contributed by atoms with van der Waals surface area (Å²) >= 11 is 1.50. The van der Waals surface area contributed by atoms with Gasteiger partial charge < -0.3 is 15.7 Å². The number of aliphatic hydroxyl groups excluding tert-OH is 1. The molecule has 0 aromatic carbocycles. The zero-order valence-corrected chi connectivity index (χ0v) is 19.0. The predicted molar refractivity (Wildman–Crippen MR) is 127 cm³/mol. The summed E-state index contributed by atoms with van der Waals surface area (Å²) in [6.07, 6.45) is 6.44. The Morgan fingerprint density at radius 2 is 2.00 bits per heavy atom. The third-order valence-electron chi connectivity index (χ3n) is 5.40. The van der Waals surface area contributed by atoms with Crippen LogP contribution in [0.2, 0.25) is 0 Å². The third-order valence-corrected chi connectivity index (χ3v) is 6.08. The van der Waals surface area contributed by atoms with Gasteiger partial charge in [-0.15, -0.1) is 0 Å². The number of thiophene rings is 1. The van der Waals surface area contributed by atoms with Crippen molar-refractivity contribution < 1.29 is 14.7 Å². The molecule has 4 aromatic rings. The number of fused-ring (bicyclic) bond motifs is 1. The summed E-state index contributed by atoms with van der Waals surface area (Å²) < 4.78 is 1.64. The summed E-state index contributed by atoms with van der Waals surface area (Å²) in [4.78, 5) is 34.9. The lowest BCUT2D eigenvalue weighted by atomic mass is 10.1. The monoisotopic (exact) mass is 463 g/mol. The minimum absolute atomic E-state index is 0.155. The maximum Gasteiger partial charge on any atom is 0.270 e. The number of rotatable bonds is 9. The summed E-state index contributed by atoms with van der Waals surface area (Å²) in [5.41, 5.74) is 3.51. The molecule has 0 aliphatic rings. The summed E-state index contributed by atoms with van der Waals surface area (Å²) in [5, 5.41) is 19.2. The predicted octanol–water partition coefficient (Wildman–Crippen LogP) is 2.93. The van der Waals surface area contributed by atoms with Crippen molar-refractivity contribution in [1.82, 2.24) is 25.0 Å². The Balaban J connectivity index is 1.66. The zero-order chi connectivity index (χ0) is 23.2. The lowest BCUT2D eigenvalue weighted by Crippen LogP contribution is -2.37. The molecule has 3 N–H and O–H groups in total. The maximum atomic E-state index is 13.2. The van der Waals surface area contributed by atoms with Crippen molar-refractivity contribution in [1.29, 1.82) is 0 Å². The van der Waals surface area contributed by atoms with E-state index in [1.807, 2.05) is 35.9 Å². The minimum atomic E-state index is -0.363. The topological polar surface area (TPSA) is 109 Å². The Bertz CT molecular complexity index is 1230. The molecular weight excluding hydrogens is 438 g/mol. The average molecular weight is 464 g/mol. The quantitative estimate of drug-likeness (QED) is 0.354. The first kappa shape index (κ1) is 22.6. The highest BCUT2D eigenvalue weighted by atomic mass is 32.1. The standard InChI is InChI=1S/C24H25N5O3S/c1-2-18(14-30)27-24(32)21-20(17-8-13-33-15-17)28-22-19(4-3-12-29(21)22)23(31)26-11-7-16-5-9-25-10-6-16/h3-6,8-10,12-13,15,18,30H,2,7,11,14H2,1H3,(H,26,31)(H,27,32)/t18-/m0/s1. The van der Waals surface area contributed by atoms with Crippen LogP contribution in [0, 0.1) is 0 Å². The summed E-state index contributed by atoms with van der Waals surface area (Å²) in [6.45, 7) is 2.20. The van der Waals surface area contributed by atoms with Gasteiger partial charge in [-0.1, -0.05) is 6.92 Å². The molecule has 0 spiro atoms. The molecule has 4 rings (SSSR count). The number of imidazole rings is 1. The highest BCUT2D eigenvalue weighted by Crippen LogP contribution is 2.28. The second-order valence-corrected chi connectivity index (χ2v) is 8.34. The molecule has 0 aliphatic heterocycles. The van der Waals surface area contributed by atoms with Gasteiger partial charge in [-0.05, 0) is 54.1 Å². The Morgan fingerprint density at radius 1 is 1.18 bits per heavy atom. The van der Waals surface area contributed by atoms with Crippen molar-refractivity contribution in [3.63, 3.8) is 0 Å². The lowest BCUT2D eigenvalue weighted by molar-refractivity contribution is 0.0907. The van der Waals surface area contributed by atoms with Crippen LogP contribution >= 0.6 is 11.3 Å². The molecule has 4 aromatic heterocycles. The van der Waals surface area contributed by atoms with Crippen molar-refractivity contribution in [2.45, 2.75) is 25.8 Å². The molecule has 4 heterocycles. The number of aromatic nitrogens is 3. The molecule has 0 saturated heterocycles.